The molecule has 0 heterocycles. The van der Waals surface area contributed by atoms with E-state index >= 15 is 0 Å². The molecule has 126 valence electrons. The molecular weight excluding hydrogens is 308 g/mol. The molecule has 3 aromatic rings. The number of rotatable bonds is 4. The van der Waals surface area contributed by atoms with Crippen molar-refractivity contribution >= 4 is 5.97 Å². The van der Waals surface area contributed by atoms with Crippen molar-refractivity contribution in [3.63, 3.8) is 0 Å². The highest BCUT2D eigenvalue weighted by Gasteiger charge is 2.23. The maximum atomic E-state index is 12.7. The Kier molecular flexibility index (Phi) is 4.99. The molecule has 2 heteroatoms. The van der Waals surface area contributed by atoms with E-state index in [0.29, 0.717) is 5.56 Å². The summed E-state index contributed by atoms with van der Waals surface area (Å²) in [4.78, 5) is 12.7. The summed E-state index contributed by atoms with van der Waals surface area (Å²) in [6.45, 7) is 6.22. The molecule has 0 saturated carbocycles. The average molecular weight is 330 g/mol. The Labute approximate surface area is 149 Å². The van der Waals surface area contributed by atoms with Crippen LogP contribution in [0.15, 0.2) is 72.8 Å². The van der Waals surface area contributed by atoms with Crippen molar-refractivity contribution in [2.75, 3.05) is 0 Å². The molecule has 0 spiro atoms. The molecule has 0 saturated heterocycles. The molecule has 25 heavy (non-hydrogen) atoms. The van der Waals surface area contributed by atoms with E-state index < -0.39 is 6.10 Å². The van der Waals surface area contributed by atoms with Gasteiger partial charge in [-0.05, 0) is 49.6 Å². The summed E-state index contributed by atoms with van der Waals surface area (Å²) in [6.07, 6.45) is -0.422. The Hall–Kier alpha value is -2.87. The van der Waals surface area contributed by atoms with E-state index in [2.05, 4.69) is 32.9 Å². The van der Waals surface area contributed by atoms with E-state index in [1.807, 2.05) is 48.5 Å². The van der Waals surface area contributed by atoms with Gasteiger partial charge < -0.3 is 4.74 Å². The van der Waals surface area contributed by atoms with Crippen LogP contribution in [0.2, 0.25) is 0 Å². The second-order valence-electron chi connectivity index (χ2n) is 6.37. The Bertz CT molecular complexity index is 844. The molecule has 0 aromatic heterocycles. The van der Waals surface area contributed by atoms with Gasteiger partial charge in [-0.3, -0.25) is 0 Å². The first kappa shape index (κ1) is 17.0. The van der Waals surface area contributed by atoms with Crippen LogP contribution in [-0.4, -0.2) is 5.97 Å². The Balaban J connectivity index is 2.04. The van der Waals surface area contributed by atoms with Crippen LogP contribution in [0.1, 0.15) is 44.3 Å². The fourth-order valence-corrected chi connectivity index (χ4v) is 3.28. The van der Waals surface area contributed by atoms with E-state index in [9.17, 15) is 4.79 Å². The van der Waals surface area contributed by atoms with Crippen molar-refractivity contribution in [2.24, 2.45) is 0 Å². The number of carbonyl (C=O) groups is 1. The monoisotopic (exact) mass is 330 g/mol. The van der Waals surface area contributed by atoms with Crippen LogP contribution >= 0.6 is 0 Å². The summed E-state index contributed by atoms with van der Waals surface area (Å²) >= 11 is 0. The summed E-state index contributed by atoms with van der Waals surface area (Å²) in [5.41, 5.74) is 6.06. The largest absolute Gasteiger partial charge is 0.449 e. The van der Waals surface area contributed by atoms with Crippen LogP contribution in [0.4, 0.5) is 0 Å². The maximum Gasteiger partial charge on any atom is 0.339 e. The summed E-state index contributed by atoms with van der Waals surface area (Å²) in [5.74, 6) is -0.311. The van der Waals surface area contributed by atoms with E-state index in [1.54, 1.807) is 12.1 Å². The fourth-order valence-electron chi connectivity index (χ4n) is 3.28. The predicted molar refractivity (Wildman–Crippen MR) is 101 cm³/mol. The molecule has 3 aromatic carbocycles. The van der Waals surface area contributed by atoms with Gasteiger partial charge in [0.15, 0.2) is 6.10 Å². The minimum Gasteiger partial charge on any atom is -0.449 e. The molecule has 0 amide bonds. The number of aryl methyl sites for hydroxylation is 3. The van der Waals surface area contributed by atoms with Gasteiger partial charge >= 0.3 is 5.97 Å². The average Bonchev–Trinajstić information content (AvgIpc) is 2.61. The lowest BCUT2D eigenvalue weighted by Crippen LogP contribution is -2.15. The molecule has 2 nitrogen and oxygen atoms in total. The lowest BCUT2D eigenvalue weighted by atomic mass is 9.91. The predicted octanol–water partition coefficient (Wildman–Crippen LogP) is 5.56. The van der Waals surface area contributed by atoms with Gasteiger partial charge in [-0.25, -0.2) is 4.79 Å². The second kappa shape index (κ2) is 7.35. The van der Waals surface area contributed by atoms with Gasteiger partial charge in [0.05, 0.1) is 5.56 Å². The summed E-state index contributed by atoms with van der Waals surface area (Å²) in [6, 6.07) is 23.3. The Morgan fingerprint density at radius 2 is 1.32 bits per heavy atom. The highest BCUT2D eigenvalue weighted by molar-refractivity contribution is 5.89. The van der Waals surface area contributed by atoms with Crippen molar-refractivity contribution in [3.05, 3.63) is 106 Å². The van der Waals surface area contributed by atoms with E-state index in [0.717, 1.165) is 22.3 Å². The van der Waals surface area contributed by atoms with Crippen molar-refractivity contribution in [1.82, 2.24) is 0 Å². The van der Waals surface area contributed by atoms with Gasteiger partial charge in [0.1, 0.15) is 0 Å². The zero-order valence-corrected chi connectivity index (χ0v) is 14.8. The standard InChI is InChI=1S/C23H22O2/c1-16-14-17(2)21(18(3)15-16)22(19-10-6-4-7-11-19)25-23(24)20-12-8-5-9-13-20/h4-15,22H,1-3H3/t22-/m0/s1. The molecule has 0 aliphatic rings. The van der Waals surface area contributed by atoms with Gasteiger partial charge in [-0.15, -0.1) is 0 Å². The van der Waals surface area contributed by atoms with Gasteiger partial charge in [0, 0.05) is 5.56 Å². The number of esters is 1. The van der Waals surface area contributed by atoms with E-state index in [-0.39, 0.29) is 5.97 Å². The number of ether oxygens (including phenoxy) is 1. The minimum absolute atomic E-state index is 0.311. The summed E-state index contributed by atoms with van der Waals surface area (Å²) < 4.78 is 5.97. The second-order valence-corrected chi connectivity index (χ2v) is 6.37. The van der Waals surface area contributed by atoms with Gasteiger partial charge in [-0.2, -0.15) is 0 Å². The highest BCUT2D eigenvalue weighted by atomic mass is 16.5. The molecule has 0 bridgehead atoms. The molecule has 0 aliphatic heterocycles. The van der Waals surface area contributed by atoms with Crippen LogP contribution < -0.4 is 0 Å². The summed E-state index contributed by atoms with van der Waals surface area (Å²) in [7, 11) is 0. The van der Waals surface area contributed by atoms with Crippen LogP contribution in [-0.2, 0) is 4.74 Å². The van der Waals surface area contributed by atoms with Gasteiger partial charge in [0.2, 0.25) is 0 Å². The third kappa shape index (κ3) is 3.80. The van der Waals surface area contributed by atoms with Crippen molar-refractivity contribution < 1.29 is 9.53 Å². The van der Waals surface area contributed by atoms with Crippen molar-refractivity contribution in [3.8, 4) is 0 Å². The molecular formula is C23H22O2. The molecule has 3 rings (SSSR count). The number of carbonyl (C=O) groups excluding carboxylic acids is 1. The van der Waals surface area contributed by atoms with Crippen LogP contribution in [0.5, 0.6) is 0 Å². The van der Waals surface area contributed by atoms with Crippen LogP contribution in [0, 0.1) is 20.8 Å². The van der Waals surface area contributed by atoms with Crippen LogP contribution in [0.25, 0.3) is 0 Å². The zero-order valence-electron chi connectivity index (χ0n) is 14.8. The van der Waals surface area contributed by atoms with E-state index in [4.69, 9.17) is 4.74 Å². The third-order valence-corrected chi connectivity index (χ3v) is 4.34. The Morgan fingerprint density at radius 1 is 0.800 bits per heavy atom. The van der Waals surface area contributed by atoms with Gasteiger partial charge in [0.25, 0.3) is 0 Å². The van der Waals surface area contributed by atoms with Gasteiger partial charge in [-0.1, -0.05) is 66.2 Å². The first-order chi connectivity index (χ1) is 12.1. The SMILES string of the molecule is Cc1cc(C)c([C@@H](OC(=O)c2ccccc2)c2ccccc2)c(C)c1. The van der Waals surface area contributed by atoms with Crippen molar-refractivity contribution in [2.45, 2.75) is 26.9 Å². The molecule has 0 aliphatic carbocycles. The molecule has 0 N–H and O–H groups in total. The highest BCUT2D eigenvalue weighted by Crippen LogP contribution is 2.32. The first-order valence-electron chi connectivity index (χ1n) is 8.45. The molecule has 0 unspecified atom stereocenters. The number of benzene rings is 3. The fraction of sp³-hybridized carbons (Fsp3) is 0.174. The number of hydrogen-bond donors (Lipinski definition) is 0. The van der Waals surface area contributed by atoms with E-state index in [1.165, 1.54) is 5.56 Å². The maximum absolute atomic E-state index is 12.7. The smallest absolute Gasteiger partial charge is 0.339 e. The molecule has 0 fully saturated rings. The quantitative estimate of drug-likeness (QED) is 0.586. The number of hydrogen-bond acceptors (Lipinski definition) is 2. The van der Waals surface area contributed by atoms with Crippen molar-refractivity contribution in [1.29, 1.82) is 0 Å². The third-order valence-electron chi connectivity index (χ3n) is 4.34. The molecule has 1 atom stereocenters. The normalized spacial score (nSPS) is 11.8. The zero-order chi connectivity index (χ0) is 17.8. The lowest BCUT2D eigenvalue weighted by Gasteiger charge is -2.23. The lowest BCUT2D eigenvalue weighted by molar-refractivity contribution is 0.0376. The molecule has 0 radical (unpaired) electrons. The topological polar surface area (TPSA) is 26.3 Å². The first-order valence-corrected chi connectivity index (χ1v) is 8.45. The summed E-state index contributed by atoms with van der Waals surface area (Å²) in [5, 5.41) is 0. The Morgan fingerprint density at radius 3 is 1.88 bits per heavy atom. The van der Waals surface area contributed by atoms with Crippen LogP contribution in [0.3, 0.4) is 0 Å². The minimum atomic E-state index is -0.422.